The van der Waals surface area contributed by atoms with Gasteiger partial charge < -0.3 is 14.6 Å². The molecule has 0 radical (unpaired) electrons. The first kappa shape index (κ1) is 18.0. The zero-order valence-electron chi connectivity index (χ0n) is 15.8. The molecule has 2 aromatic heterocycles. The number of rotatable bonds is 4. The fourth-order valence-electron chi connectivity index (χ4n) is 3.55. The van der Waals surface area contributed by atoms with Gasteiger partial charge in [0.1, 0.15) is 11.9 Å². The summed E-state index contributed by atoms with van der Waals surface area (Å²) in [4.78, 5) is 27.7. The van der Waals surface area contributed by atoms with Crippen LogP contribution in [0.25, 0.3) is 0 Å². The molecule has 0 saturated heterocycles. The number of nitrogens with one attached hydrogen (secondary N) is 1. The van der Waals surface area contributed by atoms with Crippen LogP contribution in [-0.2, 0) is 17.8 Å². The van der Waals surface area contributed by atoms with E-state index in [1.165, 1.54) is 6.26 Å². The van der Waals surface area contributed by atoms with Crippen LogP contribution in [0.4, 0.5) is 5.82 Å². The molecule has 0 saturated carbocycles. The van der Waals surface area contributed by atoms with Crippen molar-refractivity contribution in [1.29, 1.82) is 0 Å². The van der Waals surface area contributed by atoms with Crippen molar-refractivity contribution >= 4 is 17.6 Å². The highest BCUT2D eigenvalue weighted by molar-refractivity contribution is 6.00. The molecule has 0 fully saturated rings. The molecule has 28 heavy (non-hydrogen) atoms. The van der Waals surface area contributed by atoms with E-state index in [0.717, 1.165) is 11.1 Å². The normalized spacial score (nSPS) is 16.1. The summed E-state index contributed by atoms with van der Waals surface area (Å²) in [5.41, 5.74) is 2.11. The molecule has 3 aromatic rings. The van der Waals surface area contributed by atoms with Gasteiger partial charge in [-0.2, -0.15) is 5.10 Å². The van der Waals surface area contributed by atoms with Crippen molar-refractivity contribution in [1.82, 2.24) is 14.7 Å². The standard InChI is InChI=1S/C21H22N4O3/c1-14(2)25-19(9-10-22-25)23-20(26)17-12-15-6-3-4-7-16(15)13-24(17)21(27)18-8-5-11-28-18/h3-11,14,17H,12-13H2,1-2H3,(H,23,26)/t17-/m0/s1. The second-order valence-electron chi connectivity index (χ2n) is 7.14. The van der Waals surface area contributed by atoms with Gasteiger partial charge in [-0.25, -0.2) is 4.68 Å². The second-order valence-corrected chi connectivity index (χ2v) is 7.14. The summed E-state index contributed by atoms with van der Waals surface area (Å²) < 4.78 is 7.03. The summed E-state index contributed by atoms with van der Waals surface area (Å²) in [6.07, 6.45) is 3.56. The van der Waals surface area contributed by atoms with Crippen LogP contribution in [0.5, 0.6) is 0 Å². The summed E-state index contributed by atoms with van der Waals surface area (Å²) in [5.74, 6) is 0.308. The maximum atomic E-state index is 13.2. The average Bonchev–Trinajstić information content (AvgIpc) is 3.38. The number of hydrogen-bond acceptors (Lipinski definition) is 4. The fraction of sp³-hybridized carbons (Fsp3) is 0.286. The number of hydrogen-bond donors (Lipinski definition) is 1. The lowest BCUT2D eigenvalue weighted by molar-refractivity contribution is -0.121. The van der Waals surface area contributed by atoms with Gasteiger partial charge in [0.2, 0.25) is 5.91 Å². The Morgan fingerprint density at radius 3 is 2.64 bits per heavy atom. The molecule has 4 rings (SSSR count). The van der Waals surface area contributed by atoms with E-state index < -0.39 is 6.04 Å². The van der Waals surface area contributed by atoms with Gasteiger partial charge in [0.15, 0.2) is 5.76 Å². The van der Waals surface area contributed by atoms with Gasteiger partial charge in [-0.3, -0.25) is 9.59 Å². The first-order valence-electron chi connectivity index (χ1n) is 9.30. The highest BCUT2D eigenvalue weighted by Gasteiger charge is 2.36. The van der Waals surface area contributed by atoms with E-state index in [0.29, 0.717) is 18.8 Å². The Morgan fingerprint density at radius 1 is 1.14 bits per heavy atom. The largest absolute Gasteiger partial charge is 0.459 e. The lowest BCUT2D eigenvalue weighted by Crippen LogP contribution is -2.50. The van der Waals surface area contributed by atoms with Crippen LogP contribution in [-0.4, -0.2) is 32.5 Å². The smallest absolute Gasteiger partial charge is 0.290 e. The Bertz CT molecular complexity index is 991. The van der Waals surface area contributed by atoms with E-state index in [1.54, 1.807) is 34.0 Å². The maximum Gasteiger partial charge on any atom is 0.290 e. The highest BCUT2D eigenvalue weighted by Crippen LogP contribution is 2.26. The third kappa shape index (κ3) is 3.31. The maximum absolute atomic E-state index is 13.2. The number of carbonyl (C=O) groups excluding carboxylic acids is 2. The zero-order chi connectivity index (χ0) is 19.7. The molecule has 1 N–H and O–H groups in total. The quantitative estimate of drug-likeness (QED) is 0.756. The molecule has 2 amide bonds. The van der Waals surface area contributed by atoms with Gasteiger partial charge in [-0.15, -0.1) is 0 Å². The minimum absolute atomic E-state index is 0.109. The van der Waals surface area contributed by atoms with Crippen LogP contribution < -0.4 is 5.32 Å². The summed E-state index contributed by atoms with van der Waals surface area (Å²) in [6, 6.07) is 12.4. The summed E-state index contributed by atoms with van der Waals surface area (Å²) >= 11 is 0. The molecular formula is C21H22N4O3. The zero-order valence-corrected chi connectivity index (χ0v) is 15.8. The number of amides is 2. The number of nitrogens with zero attached hydrogens (tertiary/aromatic N) is 3. The molecule has 0 unspecified atom stereocenters. The van der Waals surface area contributed by atoms with Gasteiger partial charge in [0, 0.05) is 25.1 Å². The summed E-state index contributed by atoms with van der Waals surface area (Å²) in [6.45, 7) is 4.34. The third-order valence-corrected chi connectivity index (χ3v) is 4.95. The number of furan rings is 1. The number of aromatic nitrogens is 2. The Labute approximate surface area is 162 Å². The monoisotopic (exact) mass is 378 g/mol. The van der Waals surface area contributed by atoms with Crippen LogP contribution in [0.1, 0.15) is 41.6 Å². The van der Waals surface area contributed by atoms with E-state index >= 15 is 0 Å². The predicted molar refractivity (Wildman–Crippen MR) is 104 cm³/mol. The van der Waals surface area contributed by atoms with Crippen LogP contribution in [0.15, 0.2) is 59.3 Å². The van der Waals surface area contributed by atoms with Crippen molar-refractivity contribution in [2.75, 3.05) is 5.32 Å². The molecule has 1 atom stereocenters. The lowest BCUT2D eigenvalue weighted by Gasteiger charge is -2.35. The number of fused-ring (bicyclic) bond motifs is 1. The van der Waals surface area contributed by atoms with Gasteiger partial charge in [-0.05, 0) is 37.1 Å². The van der Waals surface area contributed by atoms with E-state index in [-0.39, 0.29) is 23.6 Å². The molecular weight excluding hydrogens is 356 g/mol. The van der Waals surface area contributed by atoms with Crippen molar-refractivity contribution in [2.45, 2.75) is 38.9 Å². The molecule has 1 aromatic carbocycles. The first-order chi connectivity index (χ1) is 13.5. The minimum atomic E-state index is -0.636. The SMILES string of the molecule is CC(C)n1nccc1NC(=O)[C@@H]1Cc2ccccc2CN1C(=O)c1ccco1. The van der Waals surface area contributed by atoms with Crippen LogP contribution in [0.3, 0.4) is 0 Å². The molecule has 0 spiro atoms. The molecule has 1 aliphatic rings. The van der Waals surface area contributed by atoms with E-state index in [4.69, 9.17) is 4.42 Å². The van der Waals surface area contributed by atoms with E-state index in [2.05, 4.69) is 10.4 Å². The Kier molecular flexibility index (Phi) is 4.73. The highest BCUT2D eigenvalue weighted by atomic mass is 16.3. The van der Waals surface area contributed by atoms with Crippen molar-refractivity contribution in [3.63, 3.8) is 0 Å². The van der Waals surface area contributed by atoms with E-state index in [9.17, 15) is 9.59 Å². The Balaban J connectivity index is 1.64. The molecule has 0 aliphatic carbocycles. The van der Waals surface area contributed by atoms with Crippen LogP contribution in [0.2, 0.25) is 0 Å². The Morgan fingerprint density at radius 2 is 1.93 bits per heavy atom. The average molecular weight is 378 g/mol. The van der Waals surface area contributed by atoms with Crippen molar-refractivity contribution < 1.29 is 14.0 Å². The molecule has 144 valence electrons. The van der Waals surface area contributed by atoms with Crippen molar-refractivity contribution in [3.05, 3.63) is 71.8 Å². The van der Waals surface area contributed by atoms with E-state index in [1.807, 2.05) is 38.1 Å². The molecule has 3 heterocycles. The van der Waals surface area contributed by atoms with Crippen LogP contribution >= 0.6 is 0 Å². The van der Waals surface area contributed by atoms with Gasteiger partial charge in [-0.1, -0.05) is 24.3 Å². The van der Waals surface area contributed by atoms with Crippen molar-refractivity contribution in [3.8, 4) is 0 Å². The predicted octanol–water partition coefficient (Wildman–Crippen LogP) is 3.26. The van der Waals surface area contributed by atoms with Crippen LogP contribution in [0, 0.1) is 0 Å². The first-order valence-corrected chi connectivity index (χ1v) is 9.30. The van der Waals surface area contributed by atoms with Gasteiger partial charge >= 0.3 is 0 Å². The molecule has 7 nitrogen and oxygen atoms in total. The topological polar surface area (TPSA) is 80.4 Å². The fourth-order valence-corrected chi connectivity index (χ4v) is 3.55. The molecule has 7 heteroatoms. The summed E-state index contributed by atoms with van der Waals surface area (Å²) in [5, 5.41) is 7.19. The lowest BCUT2D eigenvalue weighted by atomic mass is 9.93. The van der Waals surface area contributed by atoms with Gasteiger partial charge in [0.05, 0.1) is 12.5 Å². The Hall–Kier alpha value is -3.35. The molecule has 0 bridgehead atoms. The van der Waals surface area contributed by atoms with Gasteiger partial charge in [0.25, 0.3) is 5.91 Å². The molecule has 1 aliphatic heterocycles. The van der Waals surface area contributed by atoms with Crippen molar-refractivity contribution in [2.24, 2.45) is 0 Å². The third-order valence-electron chi connectivity index (χ3n) is 4.95. The minimum Gasteiger partial charge on any atom is -0.459 e. The number of benzene rings is 1. The second kappa shape index (κ2) is 7.34. The number of carbonyl (C=O) groups is 2. The summed E-state index contributed by atoms with van der Waals surface area (Å²) in [7, 11) is 0. The number of anilines is 1.